The minimum absolute atomic E-state index is 0.0708. The van der Waals surface area contributed by atoms with Crippen molar-refractivity contribution in [3.8, 4) is 0 Å². The van der Waals surface area contributed by atoms with E-state index in [-0.39, 0.29) is 17.7 Å². The summed E-state index contributed by atoms with van der Waals surface area (Å²) in [4.78, 5) is 31.3. The number of hydrogen-bond donors (Lipinski definition) is 2. The second kappa shape index (κ2) is 7.74. The van der Waals surface area contributed by atoms with Crippen LogP contribution in [0.2, 0.25) is 0 Å². The summed E-state index contributed by atoms with van der Waals surface area (Å²) >= 11 is 0. The number of aromatic amines is 1. The normalized spacial score (nSPS) is 20.8. The second-order valence-corrected chi connectivity index (χ2v) is 6.72. The molecule has 0 aromatic carbocycles. The second-order valence-electron chi connectivity index (χ2n) is 6.72. The van der Waals surface area contributed by atoms with Crippen LogP contribution in [-0.2, 0) is 17.6 Å². The zero-order chi connectivity index (χ0) is 17.8. The Labute approximate surface area is 148 Å². The highest BCUT2D eigenvalue weighted by Crippen LogP contribution is 2.32. The van der Waals surface area contributed by atoms with Gasteiger partial charge in [0.1, 0.15) is 5.82 Å². The van der Waals surface area contributed by atoms with Gasteiger partial charge in [0.25, 0.3) is 0 Å². The number of likely N-dealkylation sites (tertiary alicyclic amines) is 1. The van der Waals surface area contributed by atoms with E-state index in [2.05, 4.69) is 39.1 Å². The molecule has 1 fully saturated rings. The Hall–Kier alpha value is -2.28. The maximum atomic E-state index is 12.7. The minimum atomic E-state index is -0.0708. The summed E-state index contributed by atoms with van der Waals surface area (Å²) in [5.74, 6) is 1.15. The lowest BCUT2D eigenvalue weighted by Crippen LogP contribution is -2.36. The van der Waals surface area contributed by atoms with E-state index >= 15 is 0 Å². The van der Waals surface area contributed by atoms with Crippen LogP contribution >= 0.6 is 0 Å². The molecule has 1 aliphatic heterocycles. The van der Waals surface area contributed by atoms with Crippen LogP contribution in [-0.4, -0.2) is 57.4 Å². The standard InChI is InChI=1S/C18H26N6O/c1-4-16-22-12(2)17(23-16)14-10-24(3)11-15(14)18(25)21-6-5-13-9-19-7-8-20-13/h7-9,14-15H,4-6,10-11H2,1-3H3,(H,21,25)(H,22,23)/t14-,15-/m0/s1. The highest BCUT2D eigenvalue weighted by atomic mass is 16.1. The number of hydrogen-bond acceptors (Lipinski definition) is 5. The van der Waals surface area contributed by atoms with Crippen molar-refractivity contribution in [1.82, 2.24) is 30.2 Å². The topological polar surface area (TPSA) is 86.8 Å². The van der Waals surface area contributed by atoms with Crippen LogP contribution in [0, 0.1) is 12.8 Å². The van der Waals surface area contributed by atoms with Crippen molar-refractivity contribution in [2.75, 3.05) is 26.7 Å². The van der Waals surface area contributed by atoms with Gasteiger partial charge in [-0.15, -0.1) is 0 Å². The fourth-order valence-corrected chi connectivity index (χ4v) is 3.51. The molecule has 2 N–H and O–H groups in total. The molecule has 0 spiro atoms. The summed E-state index contributed by atoms with van der Waals surface area (Å²) in [6.07, 6.45) is 6.62. The summed E-state index contributed by atoms with van der Waals surface area (Å²) in [6, 6.07) is 0. The lowest BCUT2D eigenvalue weighted by molar-refractivity contribution is -0.124. The van der Waals surface area contributed by atoms with Gasteiger partial charge in [0.15, 0.2) is 0 Å². The number of amides is 1. The van der Waals surface area contributed by atoms with E-state index in [1.807, 2.05) is 6.92 Å². The molecule has 2 aromatic rings. The van der Waals surface area contributed by atoms with Crippen LogP contribution in [0.4, 0.5) is 0 Å². The van der Waals surface area contributed by atoms with Crippen LogP contribution in [0.1, 0.15) is 35.7 Å². The average Bonchev–Trinajstić information content (AvgIpc) is 3.18. The summed E-state index contributed by atoms with van der Waals surface area (Å²) < 4.78 is 0. The molecular weight excluding hydrogens is 316 g/mol. The third kappa shape index (κ3) is 4.04. The first-order valence-electron chi connectivity index (χ1n) is 8.85. The predicted octanol–water partition coefficient (Wildman–Crippen LogP) is 1.07. The molecule has 2 atom stereocenters. The number of imidazole rings is 1. The molecule has 0 saturated carbocycles. The third-order valence-corrected chi connectivity index (χ3v) is 4.79. The maximum absolute atomic E-state index is 12.7. The van der Waals surface area contributed by atoms with Crippen LogP contribution in [0.25, 0.3) is 0 Å². The summed E-state index contributed by atoms with van der Waals surface area (Å²) in [5.41, 5.74) is 3.00. The Morgan fingerprint density at radius 1 is 1.40 bits per heavy atom. The first-order chi connectivity index (χ1) is 12.1. The summed E-state index contributed by atoms with van der Waals surface area (Å²) in [7, 11) is 2.06. The van der Waals surface area contributed by atoms with Crippen molar-refractivity contribution in [3.05, 3.63) is 41.5 Å². The monoisotopic (exact) mass is 342 g/mol. The number of nitrogens with zero attached hydrogens (tertiary/aromatic N) is 4. The number of nitrogens with one attached hydrogen (secondary N) is 2. The molecular formula is C18H26N6O. The minimum Gasteiger partial charge on any atom is -0.355 e. The SMILES string of the molecule is CCc1nc([C@H]2CN(C)C[C@@H]2C(=O)NCCc2cnccn2)c(C)[nH]1. The molecule has 1 amide bonds. The van der Waals surface area contributed by atoms with Gasteiger partial charge < -0.3 is 15.2 Å². The van der Waals surface area contributed by atoms with Crippen molar-refractivity contribution < 1.29 is 4.79 Å². The molecule has 3 rings (SSSR count). The number of aryl methyl sites for hydroxylation is 2. The molecule has 25 heavy (non-hydrogen) atoms. The van der Waals surface area contributed by atoms with E-state index in [9.17, 15) is 4.79 Å². The molecule has 7 heteroatoms. The van der Waals surface area contributed by atoms with Crippen molar-refractivity contribution in [3.63, 3.8) is 0 Å². The first kappa shape index (κ1) is 17.5. The molecule has 3 heterocycles. The fraction of sp³-hybridized carbons (Fsp3) is 0.556. The molecule has 134 valence electrons. The Kier molecular flexibility index (Phi) is 5.43. The fourth-order valence-electron chi connectivity index (χ4n) is 3.51. The molecule has 0 radical (unpaired) electrons. The quantitative estimate of drug-likeness (QED) is 0.820. The van der Waals surface area contributed by atoms with Crippen LogP contribution in [0.5, 0.6) is 0 Å². The van der Waals surface area contributed by atoms with E-state index in [0.717, 1.165) is 42.4 Å². The number of likely N-dealkylation sites (N-methyl/N-ethyl adjacent to an activating group) is 1. The van der Waals surface area contributed by atoms with E-state index in [1.54, 1.807) is 18.6 Å². The van der Waals surface area contributed by atoms with E-state index in [4.69, 9.17) is 4.98 Å². The largest absolute Gasteiger partial charge is 0.355 e. The predicted molar refractivity (Wildman–Crippen MR) is 95.2 cm³/mol. The maximum Gasteiger partial charge on any atom is 0.225 e. The Morgan fingerprint density at radius 3 is 2.92 bits per heavy atom. The molecule has 1 saturated heterocycles. The highest BCUT2D eigenvalue weighted by molar-refractivity contribution is 5.80. The highest BCUT2D eigenvalue weighted by Gasteiger charge is 2.39. The van der Waals surface area contributed by atoms with Gasteiger partial charge in [-0.05, 0) is 14.0 Å². The number of rotatable bonds is 6. The lowest BCUT2D eigenvalue weighted by Gasteiger charge is -2.17. The zero-order valence-corrected chi connectivity index (χ0v) is 15.1. The average molecular weight is 342 g/mol. The van der Waals surface area contributed by atoms with Crippen LogP contribution in [0.3, 0.4) is 0 Å². The Balaban J connectivity index is 1.64. The van der Waals surface area contributed by atoms with Crippen molar-refractivity contribution in [2.24, 2.45) is 5.92 Å². The van der Waals surface area contributed by atoms with Gasteiger partial charge in [0.2, 0.25) is 5.91 Å². The van der Waals surface area contributed by atoms with Gasteiger partial charge in [-0.1, -0.05) is 6.92 Å². The number of H-pyrrole nitrogens is 1. The van der Waals surface area contributed by atoms with E-state index < -0.39 is 0 Å². The first-order valence-corrected chi connectivity index (χ1v) is 8.85. The Morgan fingerprint density at radius 2 is 2.24 bits per heavy atom. The third-order valence-electron chi connectivity index (χ3n) is 4.79. The summed E-state index contributed by atoms with van der Waals surface area (Å²) in [6.45, 7) is 6.32. The molecule has 2 aromatic heterocycles. The van der Waals surface area contributed by atoms with E-state index in [0.29, 0.717) is 13.0 Å². The van der Waals surface area contributed by atoms with Crippen molar-refractivity contribution in [1.29, 1.82) is 0 Å². The van der Waals surface area contributed by atoms with Crippen LogP contribution in [0.15, 0.2) is 18.6 Å². The summed E-state index contributed by atoms with van der Waals surface area (Å²) in [5, 5.41) is 3.06. The zero-order valence-electron chi connectivity index (χ0n) is 15.1. The van der Waals surface area contributed by atoms with Crippen molar-refractivity contribution >= 4 is 5.91 Å². The van der Waals surface area contributed by atoms with Crippen LogP contribution < -0.4 is 5.32 Å². The molecule has 1 aliphatic rings. The van der Waals surface area contributed by atoms with Gasteiger partial charge in [-0.3, -0.25) is 14.8 Å². The van der Waals surface area contributed by atoms with Gasteiger partial charge in [0.05, 0.1) is 17.3 Å². The van der Waals surface area contributed by atoms with Gasteiger partial charge in [-0.2, -0.15) is 0 Å². The van der Waals surface area contributed by atoms with E-state index in [1.165, 1.54) is 0 Å². The van der Waals surface area contributed by atoms with Gasteiger partial charge >= 0.3 is 0 Å². The van der Waals surface area contributed by atoms with Gasteiger partial charge in [-0.25, -0.2) is 4.98 Å². The molecule has 7 nitrogen and oxygen atoms in total. The Bertz CT molecular complexity index is 714. The molecule has 0 aliphatic carbocycles. The number of aromatic nitrogens is 4. The number of carbonyl (C=O) groups is 1. The number of carbonyl (C=O) groups excluding carboxylic acids is 1. The van der Waals surface area contributed by atoms with Gasteiger partial charge in [0, 0.05) is 62.7 Å². The smallest absolute Gasteiger partial charge is 0.225 e. The lowest BCUT2D eigenvalue weighted by atomic mass is 9.91. The van der Waals surface area contributed by atoms with Crippen molar-refractivity contribution in [2.45, 2.75) is 32.6 Å². The molecule has 0 bridgehead atoms. The molecule has 0 unspecified atom stereocenters.